The van der Waals surface area contributed by atoms with E-state index in [1.807, 2.05) is 4.90 Å². The molecule has 4 nitrogen and oxygen atoms in total. The van der Waals surface area contributed by atoms with Crippen LogP contribution in [-0.4, -0.2) is 34.9 Å². The van der Waals surface area contributed by atoms with Gasteiger partial charge in [-0.05, 0) is 32.3 Å². The summed E-state index contributed by atoms with van der Waals surface area (Å²) in [5, 5.41) is 10.1. The number of aliphatic hydroxyl groups excluding tert-OH is 1. The summed E-state index contributed by atoms with van der Waals surface area (Å²) >= 11 is 0. The Hall–Kier alpha value is -1.39. The van der Waals surface area contributed by atoms with Crippen LogP contribution < -0.4 is 0 Å². The lowest BCUT2D eigenvalue weighted by molar-refractivity contribution is -0.143. The Morgan fingerprint density at radius 2 is 1.95 bits per heavy atom. The third-order valence-electron chi connectivity index (χ3n) is 3.74. The fourth-order valence-electron chi connectivity index (χ4n) is 2.91. The van der Waals surface area contributed by atoms with Crippen LogP contribution in [0.15, 0.2) is 18.2 Å². The first-order valence-electron chi connectivity index (χ1n) is 7.10. The highest BCUT2D eigenvalue weighted by Gasteiger charge is 2.32. The van der Waals surface area contributed by atoms with Crippen molar-refractivity contribution in [1.29, 1.82) is 0 Å². The summed E-state index contributed by atoms with van der Waals surface area (Å²) in [6.07, 6.45) is 1.15. The van der Waals surface area contributed by atoms with Gasteiger partial charge in [-0.3, -0.25) is 9.69 Å². The molecule has 1 aliphatic rings. The summed E-state index contributed by atoms with van der Waals surface area (Å²) < 4.78 is 5.10. The maximum Gasteiger partial charge on any atom is 0.302 e. The molecule has 110 valence electrons. The number of hydrogen-bond acceptors (Lipinski definition) is 4. The Balaban J connectivity index is 2.06. The van der Waals surface area contributed by atoms with E-state index >= 15 is 0 Å². The summed E-state index contributed by atoms with van der Waals surface area (Å²) in [5.74, 6) is -0.266. The van der Waals surface area contributed by atoms with Gasteiger partial charge in [0.05, 0.1) is 0 Å². The molecule has 0 radical (unpaired) electrons. The van der Waals surface area contributed by atoms with Crippen LogP contribution in [0.4, 0.5) is 0 Å². The number of hydrogen-bond donors (Lipinski definition) is 1. The predicted octanol–water partition coefficient (Wildman–Crippen LogP) is 2.15. The summed E-state index contributed by atoms with van der Waals surface area (Å²) in [5.41, 5.74) is 3.65. The van der Waals surface area contributed by atoms with Gasteiger partial charge in [-0.2, -0.15) is 0 Å². The maximum atomic E-state index is 10.9. The van der Waals surface area contributed by atoms with Crippen LogP contribution in [-0.2, 0) is 16.1 Å². The van der Waals surface area contributed by atoms with Crippen molar-refractivity contribution in [3.63, 3.8) is 0 Å². The Morgan fingerprint density at radius 1 is 1.30 bits per heavy atom. The fourth-order valence-corrected chi connectivity index (χ4v) is 2.91. The third-order valence-corrected chi connectivity index (χ3v) is 3.74. The molecular weight excluding hydrogens is 254 g/mol. The lowest BCUT2D eigenvalue weighted by Gasteiger charge is -2.27. The van der Waals surface area contributed by atoms with Crippen LogP contribution in [0.5, 0.6) is 0 Å². The van der Waals surface area contributed by atoms with E-state index < -0.39 is 6.23 Å². The van der Waals surface area contributed by atoms with Crippen molar-refractivity contribution in [2.45, 2.75) is 52.4 Å². The molecular formula is C16H23NO3. The molecule has 4 heteroatoms. The summed E-state index contributed by atoms with van der Waals surface area (Å²) in [7, 11) is 0. The molecule has 1 saturated heterocycles. The van der Waals surface area contributed by atoms with Crippen molar-refractivity contribution in [3.8, 4) is 0 Å². The normalized spacial score (nSPS) is 23.0. The Labute approximate surface area is 120 Å². The monoisotopic (exact) mass is 277 g/mol. The Bertz CT molecular complexity index is 466. The number of esters is 1. The number of carbonyl (C=O) groups excluding carboxylic acids is 1. The molecule has 0 aromatic heterocycles. The molecule has 1 N–H and O–H groups in total. The lowest BCUT2D eigenvalue weighted by atomic mass is 10.1. The van der Waals surface area contributed by atoms with E-state index in [2.05, 4.69) is 32.0 Å². The smallest absolute Gasteiger partial charge is 0.302 e. The molecule has 0 aliphatic carbocycles. The van der Waals surface area contributed by atoms with Crippen molar-refractivity contribution >= 4 is 5.97 Å². The second-order valence-corrected chi connectivity index (χ2v) is 5.68. The van der Waals surface area contributed by atoms with Crippen molar-refractivity contribution < 1.29 is 14.6 Å². The summed E-state index contributed by atoms with van der Waals surface area (Å²) in [6.45, 7) is 6.62. The highest BCUT2D eigenvalue weighted by Crippen LogP contribution is 2.25. The van der Waals surface area contributed by atoms with Gasteiger partial charge in [0.2, 0.25) is 0 Å². The fraction of sp³-hybridized carbons (Fsp3) is 0.562. The van der Waals surface area contributed by atoms with E-state index in [0.29, 0.717) is 13.2 Å². The minimum absolute atomic E-state index is 0.106. The lowest BCUT2D eigenvalue weighted by Crippen LogP contribution is -2.38. The maximum absolute atomic E-state index is 10.9. The number of aliphatic hydroxyl groups is 1. The summed E-state index contributed by atoms with van der Waals surface area (Å²) in [4.78, 5) is 13.0. The van der Waals surface area contributed by atoms with E-state index in [-0.39, 0.29) is 12.0 Å². The first-order valence-corrected chi connectivity index (χ1v) is 7.10. The second kappa shape index (κ2) is 6.37. The van der Waals surface area contributed by atoms with Gasteiger partial charge in [0, 0.05) is 19.5 Å². The molecule has 2 atom stereocenters. The third kappa shape index (κ3) is 3.81. The van der Waals surface area contributed by atoms with E-state index in [1.54, 1.807) is 0 Å². The predicted molar refractivity (Wildman–Crippen MR) is 77.1 cm³/mol. The SMILES string of the molecule is CC(=O)OCC1CCC(O)N1Cc1cc(C)cc(C)c1. The number of carbonyl (C=O) groups is 1. The number of likely N-dealkylation sites (tertiary alicyclic amines) is 1. The van der Waals surface area contributed by atoms with Crippen molar-refractivity contribution in [2.24, 2.45) is 0 Å². The number of ether oxygens (including phenoxy) is 1. The first-order chi connectivity index (χ1) is 9.45. The molecule has 2 unspecified atom stereocenters. The van der Waals surface area contributed by atoms with Gasteiger partial charge in [0.25, 0.3) is 0 Å². The Morgan fingerprint density at radius 3 is 2.55 bits per heavy atom. The van der Waals surface area contributed by atoms with Gasteiger partial charge >= 0.3 is 5.97 Å². The zero-order valence-corrected chi connectivity index (χ0v) is 12.4. The van der Waals surface area contributed by atoms with Crippen molar-refractivity contribution in [1.82, 2.24) is 4.90 Å². The van der Waals surface area contributed by atoms with Gasteiger partial charge < -0.3 is 9.84 Å². The zero-order chi connectivity index (χ0) is 14.7. The zero-order valence-electron chi connectivity index (χ0n) is 12.4. The molecule has 1 fully saturated rings. The highest BCUT2D eigenvalue weighted by molar-refractivity contribution is 5.65. The molecule has 2 rings (SSSR count). The molecule has 0 bridgehead atoms. The Kier molecular flexibility index (Phi) is 4.78. The quantitative estimate of drug-likeness (QED) is 0.857. The van der Waals surface area contributed by atoms with Crippen LogP contribution >= 0.6 is 0 Å². The first kappa shape index (κ1) is 15.0. The van der Waals surface area contributed by atoms with Crippen LogP contribution in [0.3, 0.4) is 0 Å². The molecule has 1 aliphatic heterocycles. The van der Waals surface area contributed by atoms with E-state index in [0.717, 1.165) is 12.8 Å². The number of benzene rings is 1. The van der Waals surface area contributed by atoms with Crippen LogP contribution in [0.2, 0.25) is 0 Å². The highest BCUT2D eigenvalue weighted by atomic mass is 16.5. The average molecular weight is 277 g/mol. The number of nitrogens with zero attached hydrogens (tertiary/aromatic N) is 1. The van der Waals surface area contributed by atoms with Gasteiger partial charge in [0.1, 0.15) is 12.8 Å². The minimum Gasteiger partial charge on any atom is -0.464 e. The van der Waals surface area contributed by atoms with E-state index in [1.165, 1.54) is 23.6 Å². The van der Waals surface area contributed by atoms with Crippen molar-refractivity contribution in [2.75, 3.05) is 6.61 Å². The van der Waals surface area contributed by atoms with Crippen LogP contribution in [0.25, 0.3) is 0 Å². The second-order valence-electron chi connectivity index (χ2n) is 5.68. The largest absolute Gasteiger partial charge is 0.464 e. The standard InChI is InChI=1S/C16H23NO3/c1-11-6-12(2)8-14(7-11)9-17-15(4-5-16(17)19)10-20-13(3)18/h6-8,15-16,19H,4-5,9-10H2,1-3H3. The van der Waals surface area contributed by atoms with Crippen LogP contribution in [0.1, 0.15) is 36.5 Å². The van der Waals surface area contributed by atoms with Gasteiger partial charge in [-0.1, -0.05) is 29.3 Å². The van der Waals surface area contributed by atoms with Gasteiger partial charge in [0.15, 0.2) is 0 Å². The molecule has 1 aromatic rings. The molecule has 1 heterocycles. The molecule has 20 heavy (non-hydrogen) atoms. The average Bonchev–Trinajstić information content (AvgIpc) is 2.67. The summed E-state index contributed by atoms with van der Waals surface area (Å²) in [6, 6.07) is 6.52. The molecule has 1 aromatic carbocycles. The van der Waals surface area contributed by atoms with Gasteiger partial charge in [-0.25, -0.2) is 0 Å². The van der Waals surface area contributed by atoms with E-state index in [4.69, 9.17) is 4.74 Å². The topological polar surface area (TPSA) is 49.8 Å². The number of rotatable bonds is 4. The molecule has 0 saturated carbocycles. The van der Waals surface area contributed by atoms with Crippen molar-refractivity contribution in [3.05, 3.63) is 34.9 Å². The minimum atomic E-state index is -0.448. The van der Waals surface area contributed by atoms with Crippen LogP contribution in [0, 0.1) is 13.8 Å². The molecule has 0 spiro atoms. The van der Waals surface area contributed by atoms with Gasteiger partial charge in [-0.15, -0.1) is 0 Å². The number of aryl methyl sites for hydroxylation is 2. The molecule has 0 amide bonds. The van der Waals surface area contributed by atoms with E-state index in [9.17, 15) is 9.90 Å².